The summed E-state index contributed by atoms with van der Waals surface area (Å²) in [4.78, 5) is 15.9. The number of pyridine rings is 1. The molecule has 1 aliphatic carbocycles. The van der Waals surface area contributed by atoms with Gasteiger partial charge >= 0.3 is 5.97 Å². The average molecular weight is 361 g/mol. The van der Waals surface area contributed by atoms with Gasteiger partial charge in [0.1, 0.15) is 0 Å². The molecule has 0 saturated carbocycles. The lowest BCUT2D eigenvalue weighted by Crippen LogP contribution is -2.14. The Labute approximate surface area is 138 Å². The fourth-order valence-electron chi connectivity index (χ4n) is 2.94. The van der Waals surface area contributed by atoms with E-state index in [1.54, 1.807) is 18.5 Å². The first kappa shape index (κ1) is 15.0. The summed E-state index contributed by atoms with van der Waals surface area (Å²) >= 11 is 3.52. The molecular weight excluding hydrogens is 344 g/mol. The van der Waals surface area contributed by atoms with Crippen molar-refractivity contribution in [2.24, 2.45) is 0 Å². The first-order chi connectivity index (χ1) is 10.7. The van der Waals surface area contributed by atoms with Crippen LogP contribution in [0.5, 0.6) is 0 Å². The Balaban J connectivity index is 1.74. The molecule has 0 saturated heterocycles. The summed E-state index contributed by atoms with van der Waals surface area (Å²) in [5.41, 5.74) is 4.03. The van der Waals surface area contributed by atoms with E-state index in [1.807, 2.05) is 0 Å². The Bertz CT molecular complexity index is 703. The Morgan fingerprint density at radius 1 is 1.45 bits per heavy atom. The van der Waals surface area contributed by atoms with E-state index in [1.165, 1.54) is 18.2 Å². The molecule has 0 fully saturated rings. The summed E-state index contributed by atoms with van der Waals surface area (Å²) in [7, 11) is 1.39. The van der Waals surface area contributed by atoms with Gasteiger partial charge in [-0.05, 0) is 42.2 Å². The maximum Gasteiger partial charge on any atom is 0.340 e. The number of carbonyl (C=O) groups is 1. The number of ether oxygens (including phenoxy) is 1. The third-order valence-electron chi connectivity index (χ3n) is 4.07. The molecular formula is C17H17BrN2O2. The smallest absolute Gasteiger partial charge is 0.340 e. The predicted molar refractivity (Wildman–Crippen MR) is 89.3 cm³/mol. The molecule has 1 atom stereocenters. The minimum Gasteiger partial charge on any atom is -0.465 e. The summed E-state index contributed by atoms with van der Waals surface area (Å²) in [6.45, 7) is 0.782. The number of hydrogen-bond donors (Lipinski definition) is 1. The number of rotatable bonds is 4. The van der Waals surface area contributed by atoms with Gasteiger partial charge in [-0.25, -0.2) is 4.79 Å². The monoisotopic (exact) mass is 360 g/mol. The van der Waals surface area contributed by atoms with Crippen LogP contribution < -0.4 is 5.32 Å². The lowest BCUT2D eigenvalue weighted by molar-refractivity contribution is 0.0601. The van der Waals surface area contributed by atoms with E-state index in [0.717, 1.165) is 29.5 Å². The second kappa shape index (κ2) is 6.48. The van der Waals surface area contributed by atoms with Gasteiger partial charge in [-0.3, -0.25) is 4.98 Å². The normalized spacial score (nSPS) is 16.2. The molecule has 1 aromatic heterocycles. The summed E-state index contributed by atoms with van der Waals surface area (Å²) < 4.78 is 5.93. The number of fused-ring (bicyclic) bond motifs is 1. The Morgan fingerprint density at radius 2 is 2.32 bits per heavy atom. The van der Waals surface area contributed by atoms with Crippen molar-refractivity contribution < 1.29 is 9.53 Å². The SMILES string of the molecule is COC(=O)c1ccncc1NCC1CCc2cc(Br)ccc21. The van der Waals surface area contributed by atoms with Gasteiger partial charge in [0.15, 0.2) is 0 Å². The molecule has 0 aliphatic heterocycles. The molecule has 114 valence electrons. The number of esters is 1. The zero-order valence-corrected chi connectivity index (χ0v) is 13.9. The molecule has 0 radical (unpaired) electrons. The lowest BCUT2D eigenvalue weighted by atomic mass is 10.0. The number of hydrogen-bond acceptors (Lipinski definition) is 4. The lowest BCUT2D eigenvalue weighted by Gasteiger charge is -2.15. The fourth-order valence-corrected chi connectivity index (χ4v) is 3.35. The average Bonchev–Trinajstić information content (AvgIpc) is 2.94. The van der Waals surface area contributed by atoms with Crippen LogP contribution in [0.3, 0.4) is 0 Å². The number of aromatic nitrogens is 1. The molecule has 22 heavy (non-hydrogen) atoms. The van der Waals surface area contributed by atoms with Crippen LogP contribution in [-0.4, -0.2) is 24.6 Å². The van der Waals surface area contributed by atoms with E-state index in [9.17, 15) is 4.79 Å². The highest BCUT2D eigenvalue weighted by molar-refractivity contribution is 9.10. The van der Waals surface area contributed by atoms with Crippen molar-refractivity contribution in [1.82, 2.24) is 4.98 Å². The van der Waals surface area contributed by atoms with E-state index >= 15 is 0 Å². The molecule has 1 heterocycles. The van der Waals surface area contributed by atoms with Crippen LogP contribution in [0.1, 0.15) is 33.8 Å². The summed E-state index contributed by atoms with van der Waals surface area (Å²) in [6.07, 6.45) is 5.48. The van der Waals surface area contributed by atoms with Crippen LogP contribution in [0.2, 0.25) is 0 Å². The van der Waals surface area contributed by atoms with Crippen molar-refractivity contribution in [3.63, 3.8) is 0 Å². The summed E-state index contributed by atoms with van der Waals surface area (Å²) in [6, 6.07) is 8.14. The molecule has 0 bridgehead atoms. The first-order valence-corrected chi connectivity index (χ1v) is 8.03. The minimum absolute atomic E-state index is 0.347. The molecule has 2 aromatic rings. The van der Waals surface area contributed by atoms with Crippen molar-refractivity contribution in [2.75, 3.05) is 19.0 Å². The zero-order valence-electron chi connectivity index (χ0n) is 12.3. The van der Waals surface area contributed by atoms with Gasteiger partial charge < -0.3 is 10.1 Å². The van der Waals surface area contributed by atoms with Crippen LogP contribution in [0.4, 0.5) is 5.69 Å². The van der Waals surface area contributed by atoms with Crippen LogP contribution in [-0.2, 0) is 11.2 Å². The molecule has 5 heteroatoms. The van der Waals surface area contributed by atoms with Gasteiger partial charge in [-0.15, -0.1) is 0 Å². The Hall–Kier alpha value is -1.88. The number of methoxy groups -OCH3 is 1. The van der Waals surface area contributed by atoms with Crippen LogP contribution in [0.15, 0.2) is 41.1 Å². The van der Waals surface area contributed by atoms with Gasteiger partial charge in [0.25, 0.3) is 0 Å². The maximum atomic E-state index is 11.8. The van der Waals surface area contributed by atoms with E-state index in [-0.39, 0.29) is 5.97 Å². The summed E-state index contributed by atoms with van der Waals surface area (Å²) in [5.74, 6) is 0.106. The third-order valence-corrected chi connectivity index (χ3v) is 4.57. The number of nitrogens with one attached hydrogen (secondary N) is 1. The number of benzene rings is 1. The van der Waals surface area contributed by atoms with Gasteiger partial charge in [0, 0.05) is 23.1 Å². The van der Waals surface area contributed by atoms with Gasteiger partial charge in [-0.1, -0.05) is 22.0 Å². The number of carbonyl (C=O) groups excluding carboxylic acids is 1. The Morgan fingerprint density at radius 3 is 3.14 bits per heavy atom. The largest absolute Gasteiger partial charge is 0.465 e. The number of nitrogens with zero attached hydrogens (tertiary/aromatic N) is 1. The van der Waals surface area contributed by atoms with Crippen molar-refractivity contribution in [1.29, 1.82) is 0 Å². The highest BCUT2D eigenvalue weighted by atomic mass is 79.9. The van der Waals surface area contributed by atoms with Crippen molar-refractivity contribution in [2.45, 2.75) is 18.8 Å². The number of anilines is 1. The first-order valence-electron chi connectivity index (χ1n) is 7.23. The van der Waals surface area contributed by atoms with E-state index in [4.69, 9.17) is 4.74 Å². The maximum absolute atomic E-state index is 11.8. The third kappa shape index (κ3) is 2.99. The minimum atomic E-state index is -0.347. The second-order valence-corrected chi connectivity index (χ2v) is 6.29. The van der Waals surface area contributed by atoms with E-state index in [2.05, 4.69) is 44.4 Å². The van der Waals surface area contributed by atoms with Crippen molar-refractivity contribution in [3.05, 3.63) is 57.8 Å². The summed E-state index contributed by atoms with van der Waals surface area (Å²) in [5, 5.41) is 3.35. The predicted octanol–water partition coefficient (Wildman–Crippen LogP) is 3.77. The topological polar surface area (TPSA) is 51.2 Å². The fraction of sp³-hybridized carbons (Fsp3) is 0.294. The Kier molecular flexibility index (Phi) is 4.43. The molecule has 0 spiro atoms. The van der Waals surface area contributed by atoms with Gasteiger partial charge in [0.2, 0.25) is 0 Å². The number of aryl methyl sites for hydroxylation is 1. The molecule has 1 aliphatic rings. The molecule has 1 N–H and O–H groups in total. The highest BCUT2D eigenvalue weighted by Crippen LogP contribution is 2.35. The van der Waals surface area contributed by atoms with Crippen LogP contribution in [0, 0.1) is 0 Å². The second-order valence-electron chi connectivity index (χ2n) is 5.37. The van der Waals surface area contributed by atoms with Crippen molar-refractivity contribution >= 4 is 27.6 Å². The van der Waals surface area contributed by atoms with Gasteiger partial charge in [-0.2, -0.15) is 0 Å². The van der Waals surface area contributed by atoms with E-state index in [0.29, 0.717) is 11.5 Å². The molecule has 0 amide bonds. The molecule has 1 unspecified atom stereocenters. The van der Waals surface area contributed by atoms with Crippen LogP contribution >= 0.6 is 15.9 Å². The molecule has 4 nitrogen and oxygen atoms in total. The molecule has 1 aromatic carbocycles. The van der Waals surface area contributed by atoms with Gasteiger partial charge in [0.05, 0.1) is 24.6 Å². The molecule has 3 rings (SSSR count). The number of halogens is 1. The highest BCUT2D eigenvalue weighted by Gasteiger charge is 2.23. The zero-order chi connectivity index (χ0) is 15.5. The van der Waals surface area contributed by atoms with Crippen molar-refractivity contribution in [3.8, 4) is 0 Å². The quantitative estimate of drug-likeness (QED) is 0.843. The van der Waals surface area contributed by atoms with E-state index < -0.39 is 0 Å². The standard InChI is InChI=1S/C17H17BrN2O2/c1-22-17(21)15-6-7-19-10-16(15)20-9-12-3-2-11-8-13(18)4-5-14(11)12/h4-8,10,12,20H,2-3,9H2,1H3. The van der Waals surface area contributed by atoms with Crippen LogP contribution in [0.25, 0.3) is 0 Å².